The smallest absolute Gasteiger partial charge is 0.341 e. The van der Waals surface area contributed by atoms with Crippen LogP contribution in [0.2, 0.25) is 5.02 Å². The van der Waals surface area contributed by atoms with Gasteiger partial charge in [-0.05, 0) is 49.4 Å². The second-order valence-electron chi connectivity index (χ2n) is 8.19. The molecule has 1 aromatic carbocycles. The van der Waals surface area contributed by atoms with E-state index in [2.05, 4.69) is 9.98 Å². The summed E-state index contributed by atoms with van der Waals surface area (Å²) in [5, 5.41) is 11.7. The molecule has 0 aliphatic heterocycles. The van der Waals surface area contributed by atoms with Gasteiger partial charge in [0.2, 0.25) is 0 Å². The molecular weight excluding hydrogens is 530 g/mol. The summed E-state index contributed by atoms with van der Waals surface area (Å²) in [5.74, 6) is -1.51. The molecule has 0 atom stereocenters. The maximum absolute atomic E-state index is 13.4. The molecule has 12 nitrogen and oxygen atoms in total. The number of hydrogen-bond acceptors (Lipinski definition) is 8. The molecule has 0 aliphatic carbocycles. The van der Waals surface area contributed by atoms with Gasteiger partial charge in [0.15, 0.2) is 5.49 Å². The third-order valence-corrected chi connectivity index (χ3v) is 6.01. The number of carbonyl (C=O) groups excluding carboxylic acids is 2. The molecule has 0 N–H and O–H groups in total. The Bertz CT molecular complexity index is 1910. The average Bonchev–Trinajstić information content (AvgIpc) is 3.43. The summed E-state index contributed by atoms with van der Waals surface area (Å²) in [7, 11) is 0. The summed E-state index contributed by atoms with van der Waals surface area (Å²) in [5.41, 5.74) is -1.44. The molecule has 196 valence electrons. The van der Waals surface area contributed by atoms with Crippen molar-refractivity contribution in [1.82, 2.24) is 14.0 Å². The van der Waals surface area contributed by atoms with Crippen LogP contribution in [0.15, 0.2) is 81.3 Å². The topological polar surface area (TPSA) is 151 Å². The molecule has 5 rings (SSSR count). The van der Waals surface area contributed by atoms with Gasteiger partial charge >= 0.3 is 5.97 Å². The van der Waals surface area contributed by atoms with Gasteiger partial charge in [0.25, 0.3) is 17.2 Å². The van der Waals surface area contributed by atoms with Gasteiger partial charge < -0.3 is 13.7 Å². The first-order valence-electron chi connectivity index (χ1n) is 11.6. The van der Waals surface area contributed by atoms with Crippen LogP contribution >= 0.6 is 11.6 Å². The van der Waals surface area contributed by atoms with E-state index in [0.29, 0.717) is 11.4 Å². The van der Waals surface area contributed by atoms with E-state index < -0.39 is 33.6 Å². The molecule has 13 heteroatoms. The van der Waals surface area contributed by atoms with E-state index in [9.17, 15) is 24.5 Å². The number of rotatable bonds is 6. The zero-order chi connectivity index (χ0) is 27.7. The molecule has 4 aromatic heterocycles. The Hall–Kier alpha value is -5.10. The Kier molecular flexibility index (Phi) is 6.77. The van der Waals surface area contributed by atoms with Crippen molar-refractivity contribution in [1.29, 1.82) is 0 Å². The van der Waals surface area contributed by atoms with Gasteiger partial charge in [-0.15, -0.1) is 0 Å². The van der Waals surface area contributed by atoms with Crippen molar-refractivity contribution in [2.75, 3.05) is 6.61 Å². The number of esters is 1. The van der Waals surface area contributed by atoms with Crippen molar-refractivity contribution in [3.05, 3.63) is 115 Å². The fourth-order valence-corrected chi connectivity index (χ4v) is 4.23. The normalized spacial score (nSPS) is 11.7. The van der Waals surface area contributed by atoms with Gasteiger partial charge in [-0.25, -0.2) is 9.78 Å². The summed E-state index contributed by atoms with van der Waals surface area (Å²) < 4.78 is 13.4. The predicted molar refractivity (Wildman–Crippen MR) is 139 cm³/mol. The fourth-order valence-electron chi connectivity index (χ4n) is 4.06. The number of aromatic nitrogens is 3. The molecule has 0 saturated carbocycles. The molecule has 0 saturated heterocycles. The number of nitrogens with zero attached hydrogens (tertiary/aromatic N) is 5. The highest BCUT2D eigenvalue weighted by atomic mass is 35.5. The molecule has 0 unspecified atom stereocenters. The van der Waals surface area contributed by atoms with Gasteiger partial charge in [-0.1, -0.05) is 17.7 Å². The minimum absolute atomic E-state index is 0.00282. The SMILES string of the molecule is CCOC(=O)c1cc2c(=O)n3ccccc3nc2n(Cc2ccco2)c1=NC(=O)c1cc(Cl)ccc1[N+](=O)[O-]. The maximum Gasteiger partial charge on any atom is 0.341 e. The van der Waals surface area contributed by atoms with Crippen molar-refractivity contribution in [2.24, 2.45) is 4.99 Å². The van der Waals surface area contributed by atoms with Gasteiger partial charge in [0, 0.05) is 17.3 Å². The molecule has 0 radical (unpaired) electrons. The van der Waals surface area contributed by atoms with Gasteiger partial charge in [-0.2, -0.15) is 4.99 Å². The van der Waals surface area contributed by atoms with Crippen LogP contribution in [0.5, 0.6) is 0 Å². The quantitative estimate of drug-likeness (QED) is 0.135. The Morgan fingerprint density at radius 3 is 2.69 bits per heavy atom. The number of nitro benzene ring substituents is 1. The minimum atomic E-state index is -1.04. The minimum Gasteiger partial charge on any atom is -0.467 e. The Labute approximate surface area is 223 Å². The van der Waals surface area contributed by atoms with Crippen LogP contribution in [0, 0.1) is 10.1 Å². The zero-order valence-electron chi connectivity index (χ0n) is 20.2. The lowest BCUT2D eigenvalue weighted by Crippen LogP contribution is -2.33. The number of nitro groups is 1. The lowest BCUT2D eigenvalue weighted by atomic mass is 10.1. The Morgan fingerprint density at radius 2 is 1.97 bits per heavy atom. The van der Waals surface area contributed by atoms with E-state index in [1.54, 1.807) is 37.3 Å². The van der Waals surface area contributed by atoms with E-state index >= 15 is 0 Å². The van der Waals surface area contributed by atoms with E-state index in [0.717, 1.165) is 12.1 Å². The third kappa shape index (κ3) is 4.80. The number of benzene rings is 1. The number of fused-ring (bicyclic) bond motifs is 2. The van der Waals surface area contributed by atoms with Crippen LogP contribution in [-0.4, -0.2) is 37.4 Å². The van der Waals surface area contributed by atoms with Crippen LogP contribution in [0.25, 0.3) is 16.7 Å². The number of amides is 1. The van der Waals surface area contributed by atoms with Crippen LogP contribution < -0.4 is 11.0 Å². The number of carbonyl (C=O) groups is 2. The average molecular weight is 548 g/mol. The number of furan rings is 1. The van der Waals surface area contributed by atoms with E-state index in [1.807, 2.05) is 0 Å². The summed E-state index contributed by atoms with van der Waals surface area (Å²) >= 11 is 6.01. The Morgan fingerprint density at radius 1 is 1.15 bits per heavy atom. The largest absolute Gasteiger partial charge is 0.467 e. The fraction of sp³-hybridized carbons (Fsp3) is 0.115. The maximum atomic E-state index is 13.4. The molecule has 4 heterocycles. The standard InChI is InChI=1S/C26H18ClN5O7/c1-2-38-26(35)19-13-18-22(28-21-7-3-4-10-30(21)25(18)34)31(14-16-6-5-11-39-16)23(19)29-24(33)17-12-15(27)8-9-20(17)32(36)37/h3-13H,2,14H2,1H3. The van der Waals surface area contributed by atoms with Crippen molar-refractivity contribution in [3.63, 3.8) is 0 Å². The number of hydrogen-bond donors (Lipinski definition) is 0. The first kappa shape index (κ1) is 25.5. The summed E-state index contributed by atoms with van der Waals surface area (Å²) in [6.07, 6.45) is 2.97. The van der Waals surface area contributed by atoms with Gasteiger partial charge in [-0.3, -0.25) is 24.1 Å². The van der Waals surface area contributed by atoms with Crippen LogP contribution in [-0.2, 0) is 11.3 Å². The van der Waals surface area contributed by atoms with E-state index in [-0.39, 0.29) is 40.3 Å². The number of halogens is 1. The lowest BCUT2D eigenvalue weighted by Gasteiger charge is -2.14. The number of pyridine rings is 2. The van der Waals surface area contributed by atoms with Crippen molar-refractivity contribution < 1.29 is 23.7 Å². The highest BCUT2D eigenvalue weighted by Crippen LogP contribution is 2.23. The molecule has 0 fully saturated rings. The predicted octanol–water partition coefficient (Wildman–Crippen LogP) is 3.77. The van der Waals surface area contributed by atoms with Crippen molar-refractivity contribution in [3.8, 4) is 0 Å². The zero-order valence-corrected chi connectivity index (χ0v) is 21.0. The molecule has 1 amide bonds. The van der Waals surface area contributed by atoms with Crippen molar-refractivity contribution >= 4 is 45.8 Å². The van der Waals surface area contributed by atoms with Crippen LogP contribution in [0.1, 0.15) is 33.4 Å². The number of ether oxygens (including phenoxy) is 1. The van der Waals surface area contributed by atoms with Gasteiger partial charge in [0.1, 0.15) is 28.2 Å². The first-order valence-corrected chi connectivity index (χ1v) is 11.9. The highest BCUT2D eigenvalue weighted by molar-refractivity contribution is 6.31. The van der Waals surface area contributed by atoms with Crippen LogP contribution in [0.4, 0.5) is 5.69 Å². The van der Waals surface area contributed by atoms with Gasteiger partial charge in [0.05, 0.1) is 29.7 Å². The molecule has 0 spiro atoms. The second kappa shape index (κ2) is 10.3. The lowest BCUT2D eigenvalue weighted by molar-refractivity contribution is -0.385. The second-order valence-corrected chi connectivity index (χ2v) is 8.62. The Balaban J connectivity index is 1.91. The molecule has 0 aliphatic rings. The van der Waals surface area contributed by atoms with Crippen molar-refractivity contribution in [2.45, 2.75) is 13.5 Å². The summed E-state index contributed by atoms with van der Waals surface area (Å²) in [6.45, 7) is 1.50. The summed E-state index contributed by atoms with van der Waals surface area (Å²) in [6, 6.07) is 13.0. The highest BCUT2D eigenvalue weighted by Gasteiger charge is 2.24. The molecular formula is C26H18ClN5O7. The molecule has 0 bridgehead atoms. The first-order chi connectivity index (χ1) is 18.8. The molecule has 39 heavy (non-hydrogen) atoms. The van der Waals surface area contributed by atoms with Crippen LogP contribution in [0.3, 0.4) is 0 Å². The monoisotopic (exact) mass is 547 g/mol. The third-order valence-electron chi connectivity index (χ3n) is 5.77. The summed E-state index contributed by atoms with van der Waals surface area (Å²) in [4.78, 5) is 59.5. The molecule has 5 aromatic rings. The van der Waals surface area contributed by atoms with E-state index in [4.69, 9.17) is 20.8 Å². The van der Waals surface area contributed by atoms with E-state index in [1.165, 1.54) is 33.6 Å².